The maximum atomic E-state index is 13.1. The van der Waals surface area contributed by atoms with Crippen molar-refractivity contribution in [1.29, 1.82) is 0 Å². The molecule has 28 heavy (non-hydrogen) atoms. The van der Waals surface area contributed by atoms with E-state index in [1.165, 1.54) is 17.0 Å². The lowest BCUT2D eigenvalue weighted by Gasteiger charge is -2.33. The number of piperazine rings is 1. The fraction of sp³-hybridized carbons (Fsp3) is 0.381. The van der Waals surface area contributed by atoms with Crippen LogP contribution >= 0.6 is 0 Å². The standard InChI is InChI=1S/C21H24FN3O3/c22-16-2-5-18(6-3-16)25-10-8-24(9-11-25)15-21(26)23-17-4-7-19-20(14-17)28-13-1-12-27-19/h2-7,14H,1,8-13,15H2,(H,23,26)/p+1. The summed E-state index contributed by atoms with van der Waals surface area (Å²) in [6.07, 6.45) is 0.851. The van der Waals surface area contributed by atoms with Crippen LogP contribution in [0.4, 0.5) is 15.8 Å². The van der Waals surface area contributed by atoms with E-state index in [1.807, 2.05) is 18.2 Å². The first-order chi connectivity index (χ1) is 13.7. The molecule has 0 radical (unpaired) electrons. The second-order valence-electron chi connectivity index (χ2n) is 7.15. The summed E-state index contributed by atoms with van der Waals surface area (Å²) in [6.45, 7) is 5.11. The van der Waals surface area contributed by atoms with E-state index in [4.69, 9.17) is 9.47 Å². The van der Waals surface area contributed by atoms with Crippen molar-refractivity contribution in [2.75, 3.05) is 56.2 Å². The van der Waals surface area contributed by atoms with Gasteiger partial charge in [0, 0.05) is 23.9 Å². The number of carbonyl (C=O) groups excluding carboxylic acids is 1. The van der Waals surface area contributed by atoms with Gasteiger partial charge in [-0.15, -0.1) is 0 Å². The average molecular weight is 386 g/mol. The lowest BCUT2D eigenvalue weighted by Crippen LogP contribution is -3.15. The van der Waals surface area contributed by atoms with E-state index in [9.17, 15) is 9.18 Å². The molecule has 2 heterocycles. The van der Waals surface area contributed by atoms with Gasteiger partial charge in [0.05, 0.1) is 39.4 Å². The van der Waals surface area contributed by atoms with Gasteiger partial charge in [-0.05, 0) is 36.4 Å². The fourth-order valence-corrected chi connectivity index (χ4v) is 3.58. The van der Waals surface area contributed by atoms with Crippen LogP contribution in [0.3, 0.4) is 0 Å². The summed E-state index contributed by atoms with van der Waals surface area (Å²) in [5.41, 5.74) is 1.75. The zero-order chi connectivity index (χ0) is 19.3. The molecule has 7 heteroatoms. The van der Waals surface area contributed by atoms with Crippen LogP contribution in [0, 0.1) is 5.82 Å². The van der Waals surface area contributed by atoms with Gasteiger partial charge in [-0.2, -0.15) is 0 Å². The van der Waals surface area contributed by atoms with Gasteiger partial charge in [0.2, 0.25) is 0 Å². The molecule has 2 aliphatic heterocycles. The third-order valence-corrected chi connectivity index (χ3v) is 5.10. The number of halogens is 1. The molecule has 0 unspecified atom stereocenters. The van der Waals surface area contributed by atoms with Crippen LogP contribution in [0.15, 0.2) is 42.5 Å². The lowest BCUT2D eigenvalue weighted by atomic mass is 10.2. The predicted octanol–water partition coefficient (Wildman–Crippen LogP) is 1.33. The maximum absolute atomic E-state index is 13.1. The number of quaternary nitrogens is 1. The molecule has 0 aliphatic carbocycles. The van der Waals surface area contributed by atoms with E-state index < -0.39 is 0 Å². The number of anilines is 2. The first-order valence-electron chi connectivity index (χ1n) is 9.71. The Kier molecular flexibility index (Phi) is 5.62. The van der Waals surface area contributed by atoms with Crippen molar-refractivity contribution in [3.05, 3.63) is 48.3 Å². The molecule has 0 spiro atoms. The van der Waals surface area contributed by atoms with Gasteiger partial charge in [-0.1, -0.05) is 0 Å². The van der Waals surface area contributed by atoms with Gasteiger partial charge in [0.1, 0.15) is 5.82 Å². The molecule has 0 atom stereocenters. The van der Waals surface area contributed by atoms with Crippen molar-refractivity contribution in [3.8, 4) is 11.5 Å². The molecule has 6 nitrogen and oxygen atoms in total. The normalized spacial score (nSPS) is 17.1. The number of benzene rings is 2. The summed E-state index contributed by atoms with van der Waals surface area (Å²) in [5, 5.41) is 2.96. The number of rotatable bonds is 4. The predicted molar refractivity (Wildman–Crippen MR) is 105 cm³/mol. The second kappa shape index (κ2) is 8.48. The van der Waals surface area contributed by atoms with E-state index in [1.54, 1.807) is 12.1 Å². The quantitative estimate of drug-likeness (QED) is 0.833. The van der Waals surface area contributed by atoms with Crippen molar-refractivity contribution in [2.24, 2.45) is 0 Å². The smallest absolute Gasteiger partial charge is 0.279 e. The monoisotopic (exact) mass is 386 g/mol. The van der Waals surface area contributed by atoms with Crippen LogP contribution in [0.25, 0.3) is 0 Å². The van der Waals surface area contributed by atoms with Crippen molar-refractivity contribution >= 4 is 17.3 Å². The summed E-state index contributed by atoms with van der Waals surface area (Å²) in [7, 11) is 0. The van der Waals surface area contributed by atoms with Gasteiger partial charge in [-0.3, -0.25) is 4.79 Å². The Morgan fingerprint density at radius 1 is 1.04 bits per heavy atom. The topological polar surface area (TPSA) is 55.2 Å². The summed E-state index contributed by atoms with van der Waals surface area (Å²) in [5.74, 6) is 1.16. The molecular formula is C21H25FN3O3+. The van der Waals surface area contributed by atoms with Crippen LogP contribution in [-0.2, 0) is 4.79 Å². The molecule has 1 amide bonds. The Bertz CT molecular complexity index is 820. The summed E-state index contributed by atoms with van der Waals surface area (Å²) in [6, 6.07) is 12.1. The third-order valence-electron chi connectivity index (χ3n) is 5.10. The molecular weight excluding hydrogens is 361 g/mol. The Morgan fingerprint density at radius 3 is 2.50 bits per heavy atom. The number of ether oxygens (including phenoxy) is 2. The van der Waals surface area contributed by atoms with Crippen LogP contribution < -0.4 is 24.6 Å². The zero-order valence-electron chi connectivity index (χ0n) is 15.7. The number of hydrogen-bond donors (Lipinski definition) is 2. The first kappa shape index (κ1) is 18.6. The second-order valence-corrected chi connectivity index (χ2v) is 7.15. The van der Waals surface area contributed by atoms with Crippen LogP contribution in [0.1, 0.15) is 6.42 Å². The SMILES string of the molecule is O=C(C[NH+]1CCN(c2ccc(F)cc2)CC1)Nc1ccc2c(c1)OCCCO2. The number of nitrogens with zero attached hydrogens (tertiary/aromatic N) is 1. The number of carbonyl (C=O) groups is 1. The van der Waals surface area contributed by atoms with Gasteiger partial charge in [0.25, 0.3) is 5.91 Å². The van der Waals surface area contributed by atoms with Gasteiger partial charge in [-0.25, -0.2) is 4.39 Å². The summed E-state index contributed by atoms with van der Waals surface area (Å²) in [4.78, 5) is 15.9. The molecule has 2 N–H and O–H groups in total. The molecule has 0 aromatic heterocycles. The Labute approximate surface area is 163 Å². The molecule has 148 valence electrons. The van der Waals surface area contributed by atoms with Crippen molar-refractivity contribution in [3.63, 3.8) is 0 Å². The molecule has 4 rings (SSSR count). The van der Waals surface area contributed by atoms with Crippen LogP contribution in [-0.4, -0.2) is 51.8 Å². The average Bonchev–Trinajstić information content (AvgIpc) is 2.94. The Balaban J connectivity index is 1.28. The van der Waals surface area contributed by atoms with E-state index >= 15 is 0 Å². The molecule has 0 bridgehead atoms. The fourth-order valence-electron chi connectivity index (χ4n) is 3.58. The van der Waals surface area contributed by atoms with E-state index in [2.05, 4.69) is 10.2 Å². The molecule has 1 saturated heterocycles. The highest BCUT2D eigenvalue weighted by Crippen LogP contribution is 2.32. The summed E-state index contributed by atoms with van der Waals surface area (Å²) >= 11 is 0. The summed E-state index contributed by atoms with van der Waals surface area (Å²) < 4.78 is 24.4. The molecule has 2 aliphatic rings. The minimum atomic E-state index is -0.223. The molecule has 0 saturated carbocycles. The van der Waals surface area contributed by atoms with Crippen molar-refractivity contribution < 1.29 is 23.6 Å². The first-order valence-corrected chi connectivity index (χ1v) is 9.71. The maximum Gasteiger partial charge on any atom is 0.279 e. The minimum absolute atomic E-state index is 0.0141. The van der Waals surface area contributed by atoms with Crippen LogP contribution in [0.2, 0.25) is 0 Å². The number of amides is 1. The molecule has 1 fully saturated rings. The van der Waals surface area contributed by atoms with Gasteiger partial charge < -0.3 is 24.6 Å². The van der Waals surface area contributed by atoms with E-state index in [-0.39, 0.29) is 11.7 Å². The highest BCUT2D eigenvalue weighted by Gasteiger charge is 2.22. The highest BCUT2D eigenvalue weighted by atomic mass is 19.1. The number of nitrogens with one attached hydrogen (secondary N) is 2. The third kappa shape index (κ3) is 4.54. The lowest BCUT2D eigenvalue weighted by molar-refractivity contribution is -0.892. The Morgan fingerprint density at radius 2 is 1.75 bits per heavy atom. The van der Waals surface area contributed by atoms with E-state index in [0.29, 0.717) is 25.5 Å². The zero-order valence-corrected chi connectivity index (χ0v) is 15.7. The largest absolute Gasteiger partial charge is 0.490 e. The molecule has 2 aromatic carbocycles. The molecule has 2 aromatic rings. The number of fused-ring (bicyclic) bond motifs is 1. The van der Waals surface area contributed by atoms with Gasteiger partial charge in [0.15, 0.2) is 18.0 Å². The van der Waals surface area contributed by atoms with Crippen molar-refractivity contribution in [2.45, 2.75) is 6.42 Å². The number of hydrogen-bond acceptors (Lipinski definition) is 4. The highest BCUT2D eigenvalue weighted by molar-refractivity contribution is 5.91. The minimum Gasteiger partial charge on any atom is -0.490 e. The van der Waals surface area contributed by atoms with Crippen LogP contribution in [0.5, 0.6) is 11.5 Å². The van der Waals surface area contributed by atoms with Crippen molar-refractivity contribution in [1.82, 2.24) is 0 Å². The van der Waals surface area contributed by atoms with Gasteiger partial charge >= 0.3 is 0 Å². The Hall–Kier alpha value is -2.80. The van der Waals surface area contributed by atoms with E-state index in [0.717, 1.165) is 49.7 Å².